The predicted molar refractivity (Wildman–Crippen MR) is 191 cm³/mol. The first kappa shape index (κ1) is 33.9. The van der Waals surface area contributed by atoms with E-state index in [1.165, 1.54) is 0 Å². The molecular weight excluding hydrogens is 607 g/mol. The number of fused-ring (bicyclic) bond motifs is 1. The minimum atomic E-state index is -3.33. The predicted octanol–water partition coefficient (Wildman–Crippen LogP) is 8.39. The zero-order chi connectivity index (χ0) is 33.8. The van der Waals surface area contributed by atoms with Crippen molar-refractivity contribution in [3.05, 3.63) is 114 Å². The van der Waals surface area contributed by atoms with Crippen molar-refractivity contribution < 1.29 is 18.3 Å². The van der Waals surface area contributed by atoms with Gasteiger partial charge in [-0.05, 0) is 70.8 Å². The molecule has 0 saturated heterocycles. The molecule has 1 N–H and O–H groups in total. The highest BCUT2D eigenvalue weighted by molar-refractivity contribution is 7.91. The van der Waals surface area contributed by atoms with Gasteiger partial charge < -0.3 is 14.6 Å². The highest BCUT2D eigenvalue weighted by Gasteiger charge is 2.25. The Morgan fingerprint density at radius 3 is 2.30 bits per heavy atom. The monoisotopic (exact) mass is 651 g/mol. The number of anilines is 1. The third kappa shape index (κ3) is 7.76. The second-order valence-electron chi connectivity index (χ2n) is 13.3. The summed E-state index contributed by atoms with van der Waals surface area (Å²) >= 11 is 0. The van der Waals surface area contributed by atoms with E-state index < -0.39 is 15.8 Å². The van der Waals surface area contributed by atoms with Crippen molar-refractivity contribution in [2.45, 2.75) is 70.2 Å². The number of sulfone groups is 1. The lowest BCUT2D eigenvalue weighted by Gasteiger charge is -2.23. The molecule has 0 spiro atoms. The Morgan fingerprint density at radius 2 is 1.64 bits per heavy atom. The number of carboxylic acid groups (broad SMARTS) is 1. The zero-order valence-corrected chi connectivity index (χ0v) is 28.8. The van der Waals surface area contributed by atoms with E-state index in [2.05, 4.69) is 40.7 Å². The molecule has 5 rings (SSSR count). The summed E-state index contributed by atoms with van der Waals surface area (Å²) in [5, 5.41) is 10.2. The van der Waals surface area contributed by atoms with Crippen LogP contribution in [0, 0.1) is 0 Å². The number of hydrogen-bond acceptors (Lipinski definition) is 5. The van der Waals surface area contributed by atoms with Gasteiger partial charge in [0.15, 0.2) is 9.84 Å². The first-order valence-electron chi connectivity index (χ1n) is 16.3. The first-order chi connectivity index (χ1) is 22.4. The number of benzene rings is 4. The van der Waals surface area contributed by atoms with Crippen molar-refractivity contribution in [3.63, 3.8) is 0 Å². The number of aryl methyl sites for hydroxylation is 1. The van der Waals surface area contributed by atoms with Crippen LogP contribution in [0.1, 0.15) is 74.3 Å². The fraction of sp³-hybridized carbons (Fsp3) is 0.333. The van der Waals surface area contributed by atoms with E-state index in [4.69, 9.17) is 4.98 Å². The van der Waals surface area contributed by atoms with Crippen molar-refractivity contribution in [2.24, 2.45) is 0 Å². The molecule has 0 unspecified atom stereocenters. The minimum absolute atomic E-state index is 0.0904. The highest BCUT2D eigenvalue weighted by atomic mass is 32.2. The maximum atomic E-state index is 12.8. The van der Waals surface area contributed by atoms with Crippen LogP contribution < -0.4 is 4.90 Å². The molecule has 0 aliphatic carbocycles. The lowest BCUT2D eigenvalue weighted by molar-refractivity contribution is 0.0695. The average Bonchev–Trinajstić information content (AvgIpc) is 3.39. The second kappa shape index (κ2) is 14.1. The van der Waals surface area contributed by atoms with Gasteiger partial charge in [-0.1, -0.05) is 94.8 Å². The van der Waals surface area contributed by atoms with Crippen LogP contribution in [0.4, 0.5) is 5.69 Å². The summed E-state index contributed by atoms with van der Waals surface area (Å²) < 4.78 is 27.8. The lowest BCUT2D eigenvalue weighted by atomic mass is 9.81. The van der Waals surface area contributed by atoms with E-state index in [0.717, 1.165) is 64.1 Å². The number of aromatic carboxylic acids is 1. The third-order valence-electron chi connectivity index (χ3n) is 8.71. The van der Waals surface area contributed by atoms with Crippen molar-refractivity contribution in [1.82, 2.24) is 9.55 Å². The van der Waals surface area contributed by atoms with Crippen LogP contribution in [-0.2, 0) is 28.2 Å². The van der Waals surface area contributed by atoms with E-state index in [1.807, 2.05) is 70.3 Å². The van der Waals surface area contributed by atoms with Crippen LogP contribution in [-0.4, -0.2) is 48.4 Å². The van der Waals surface area contributed by atoms with Gasteiger partial charge in [-0.2, -0.15) is 0 Å². The van der Waals surface area contributed by atoms with Gasteiger partial charge in [0.2, 0.25) is 0 Å². The molecule has 4 aromatic carbocycles. The summed E-state index contributed by atoms with van der Waals surface area (Å²) in [6.07, 6.45) is 3.49. The van der Waals surface area contributed by atoms with Crippen molar-refractivity contribution in [1.29, 1.82) is 0 Å². The van der Waals surface area contributed by atoms with Gasteiger partial charge in [0.05, 0.1) is 27.2 Å². The summed E-state index contributed by atoms with van der Waals surface area (Å²) in [7, 11) is -1.33. The molecule has 47 heavy (non-hydrogen) atoms. The summed E-state index contributed by atoms with van der Waals surface area (Å²) in [6, 6.07) is 28.8. The maximum absolute atomic E-state index is 12.8. The van der Waals surface area contributed by atoms with E-state index in [-0.39, 0.29) is 11.2 Å². The Hall–Kier alpha value is -4.43. The molecule has 0 amide bonds. The molecule has 246 valence electrons. The van der Waals surface area contributed by atoms with Gasteiger partial charge in [-0.3, -0.25) is 0 Å². The molecule has 0 saturated carbocycles. The SMILES string of the molecule is CCCCc1nc2ccc(N(C)CCCS(=O)(=O)c3ccccc3)cc2n1Cc1ccc(-c2cccc(C(C)(C)C)c2C(=O)O)cc1. The van der Waals surface area contributed by atoms with Crippen molar-refractivity contribution >= 4 is 32.5 Å². The molecular formula is C39H45N3O4S. The molecule has 7 nitrogen and oxygen atoms in total. The summed E-state index contributed by atoms with van der Waals surface area (Å²) in [6.45, 7) is 9.51. The van der Waals surface area contributed by atoms with Crippen LogP contribution in [0.25, 0.3) is 22.2 Å². The van der Waals surface area contributed by atoms with Gasteiger partial charge in [-0.15, -0.1) is 0 Å². The Kier molecular flexibility index (Phi) is 10.2. The Labute approximate surface area is 278 Å². The fourth-order valence-corrected chi connectivity index (χ4v) is 7.40. The highest BCUT2D eigenvalue weighted by Crippen LogP contribution is 2.34. The Bertz CT molecular complexity index is 1960. The third-order valence-corrected chi connectivity index (χ3v) is 10.5. The smallest absolute Gasteiger partial charge is 0.336 e. The molecule has 0 aliphatic heterocycles. The largest absolute Gasteiger partial charge is 0.478 e. The van der Waals surface area contributed by atoms with E-state index >= 15 is 0 Å². The molecule has 0 aliphatic rings. The number of nitrogens with zero attached hydrogens (tertiary/aromatic N) is 3. The summed E-state index contributed by atoms with van der Waals surface area (Å²) in [4.78, 5) is 19.9. The fourth-order valence-electron chi connectivity index (χ4n) is 6.09. The molecule has 0 fully saturated rings. The molecule has 5 aromatic rings. The van der Waals surface area contributed by atoms with E-state index in [9.17, 15) is 18.3 Å². The number of imidazole rings is 1. The number of hydrogen-bond donors (Lipinski definition) is 1. The van der Waals surface area contributed by atoms with E-state index in [1.54, 1.807) is 24.3 Å². The molecule has 0 atom stereocenters. The topological polar surface area (TPSA) is 92.5 Å². The molecule has 0 bridgehead atoms. The normalized spacial score (nSPS) is 12.0. The van der Waals surface area contributed by atoms with Crippen LogP contribution in [0.5, 0.6) is 0 Å². The lowest BCUT2D eigenvalue weighted by Crippen LogP contribution is -2.21. The van der Waals surface area contributed by atoms with Gasteiger partial charge in [0.25, 0.3) is 0 Å². The first-order valence-corrected chi connectivity index (χ1v) is 18.0. The second-order valence-corrected chi connectivity index (χ2v) is 15.4. The number of carbonyl (C=O) groups is 1. The minimum Gasteiger partial charge on any atom is -0.478 e. The van der Waals surface area contributed by atoms with Gasteiger partial charge in [0.1, 0.15) is 5.82 Å². The number of unbranched alkanes of at least 4 members (excludes halogenated alkanes) is 1. The average molecular weight is 652 g/mol. The molecule has 8 heteroatoms. The van der Waals surface area contributed by atoms with Crippen molar-refractivity contribution in [3.8, 4) is 11.1 Å². The van der Waals surface area contributed by atoms with Gasteiger partial charge in [0, 0.05) is 32.2 Å². The van der Waals surface area contributed by atoms with Crippen LogP contribution in [0.15, 0.2) is 95.9 Å². The zero-order valence-electron chi connectivity index (χ0n) is 28.0. The molecule has 1 aromatic heterocycles. The Balaban J connectivity index is 1.40. The van der Waals surface area contributed by atoms with Crippen LogP contribution in [0.3, 0.4) is 0 Å². The quantitative estimate of drug-likeness (QED) is 0.138. The molecule has 0 radical (unpaired) electrons. The van der Waals surface area contributed by atoms with Crippen molar-refractivity contribution in [2.75, 3.05) is 24.2 Å². The summed E-state index contributed by atoms with van der Waals surface area (Å²) in [5.74, 6) is 0.206. The Morgan fingerprint density at radius 1 is 0.915 bits per heavy atom. The van der Waals surface area contributed by atoms with E-state index in [0.29, 0.717) is 30.0 Å². The van der Waals surface area contributed by atoms with Crippen LogP contribution in [0.2, 0.25) is 0 Å². The maximum Gasteiger partial charge on any atom is 0.336 e. The van der Waals surface area contributed by atoms with Gasteiger partial charge >= 0.3 is 5.97 Å². The number of carboxylic acids is 1. The van der Waals surface area contributed by atoms with Gasteiger partial charge in [-0.25, -0.2) is 18.2 Å². The van der Waals surface area contributed by atoms with Crippen LogP contribution >= 0.6 is 0 Å². The number of rotatable bonds is 13. The number of aromatic nitrogens is 2. The standard InChI is InChI=1S/C39H45N3O4S/c1-6-7-17-36-40-34-23-22-30(41(5)24-12-25-47(45,46)31-13-9-8-10-14-31)26-35(34)42(36)27-28-18-20-29(21-19-28)32-15-11-16-33(39(2,3)4)37(32)38(43)44/h8-11,13-16,18-23,26H,6-7,12,17,24-25,27H2,1-5H3,(H,43,44). The molecule has 1 heterocycles. The summed E-state index contributed by atoms with van der Waals surface area (Å²) in [5.41, 5.74) is 6.53.